The summed E-state index contributed by atoms with van der Waals surface area (Å²) < 4.78 is 1.95. The van der Waals surface area contributed by atoms with Crippen LogP contribution in [0.25, 0.3) is 0 Å². The zero-order valence-electron chi connectivity index (χ0n) is 18.2. The molecule has 0 bridgehead atoms. The Kier molecular flexibility index (Phi) is 10.2. The Hall–Kier alpha value is -2.68. The smallest absolute Gasteiger partial charge is 0.191 e. The molecule has 1 heterocycles. The number of hydrogen-bond donors (Lipinski definition) is 2. The van der Waals surface area contributed by atoms with Gasteiger partial charge in [-0.15, -0.1) is 40.8 Å². The van der Waals surface area contributed by atoms with Crippen molar-refractivity contribution in [1.29, 1.82) is 0 Å². The number of hydrogen-bond acceptors (Lipinski definition) is 3. The molecule has 0 spiro atoms. The SMILES string of the molecule is C=CCNC(=NCc1nnc(C)n1C)NCCC(c1ccccc1)c1ccccc1.I. The maximum atomic E-state index is 4.67. The molecule has 31 heavy (non-hydrogen) atoms. The molecular formula is C24H31IN6. The predicted octanol–water partition coefficient (Wildman–Crippen LogP) is 4.18. The van der Waals surface area contributed by atoms with Crippen molar-refractivity contribution in [2.45, 2.75) is 25.8 Å². The molecule has 7 heteroatoms. The van der Waals surface area contributed by atoms with E-state index in [-0.39, 0.29) is 24.0 Å². The predicted molar refractivity (Wildman–Crippen MR) is 138 cm³/mol. The van der Waals surface area contributed by atoms with E-state index in [0.29, 0.717) is 19.0 Å². The van der Waals surface area contributed by atoms with Gasteiger partial charge in [0.15, 0.2) is 11.8 Å². The van der Waals surface area contributed by atoms with Crippen molar-refractivity contribution in [2.24, 2.45) is 12.0 Å². The third kappa shape index (κ3) is 7.20. The summed E-state index contributed by atoms with van der Waals surface area (Å²) >= 11 is 0. The molecule has 6 nitrogen and oxygen atoms in total. The highest BCUT2D eigenvalue weighted by molar-refractivity contribution is 14.0. The van der Waals surface area contributed by atoms with Crippen LogP contribution in [-0.4, -0.2) is 33.8 Å². The van der Waals surface area contributed by atoms with Crippen molar-refractivity contribution in [3.63, 3.8) is 0 Å². The van der Waals surface area contributed by atoms with Crippen molar-refractivity contribution < 1.29 is 0 Å². The van der Waals surface area contributed by atoms with Gasteiger partial charge in [-0.1, -0.05) is 66.7 Å². The second-order valence-electron chi connectivity index (χ2n) is 7.15. The Bertz CT molecular complexity index is 913. The zero-order valence-corrected chi connectivity index (χ0v) is 20.5. The van der Waals surface area contributed by atoms with Crippen LogP contribution < -0.4 is 10.6 Å². The highest BCUT2D eigenvalue weighted by Crippen LogP contribution is 2.27. The van der Waals surface area contributed by atoms with Gasteiger partial charge >= 0.3 is 0 Å². The Morgan fingerprint density at radius 2 is 1.65 bits per heavy atom. The molecule has 0 aliphatic carbocycles. The monoisotopic (exact) mass is 530 g/mol. The van der Waals surface area contributed by atoms with Crippen LogP contribution in [0.5, 0.6) is 0 Å². The third-order valence-corrected chi connectivity index (χ3v) is 5.10. The molecule has 1 aromatic heterocycles. The molecular weight excluding hydrogens is 499 g/mol. The summed E-state index contributed by atoms with van der Waals surface area (Å²) in [5.74, 6) is 2.78. The number of aliphatic imine (C=N–C) groups is 1. The number of nitrogens with one attached hydrogen (secondary N) is 2. The van der Waals surface area contributed by atoms with Crippen LogP contribution >= 0.6 is 24.0 Å². The van der Waals surface area contributed by atoms with Crippen molar-refractivity contribution in [3.8, 4) is 0 Å². The second kappa shape index (κ2) is 12.9. The number of aryl methyl sites for hydroxylation is 1. The second-order valence-corrected chi connectivity index (χ2v) is 7.15. The average molecular weight is 530 g/mol. The summed E-state index contributed by atoms with van der Waals surface area (Å²) in [4.78, 5) is 4.67. The number of halogens is 1. The number of benzene rings is 2. The van der Waals surface area contributed by atoms with Crippen LogP contribution in [0.1, 0.15) is 35.1 Å². The van der Waals surface area contributed by atoms with E-state index in [9.17, 15) is 0 Å². The molecule has 0 fully saturated rings. The quantitative estimate of drug-likeness (QED) is 0.189. The van der Waals surface area contributed by atoms with E-state index < -0.39 is 0 Å². The van der Waals surface area contributed by atoms with Gasteiger partial charge in [-0.2, -0.15) is 0 Å². The summed E-state index contributed by atoms with van der Waals surface area (Å²) in [6.45, 7) is 7.61. The third-order valence-electron chi connectivity index (χ3n) is 5.10. The molecule has 0 aliphatic rings. The first-order valence-electron chi connectivity index (χ1n) is 10.3. The van der Waals surface area contributed by atoms with E-state index in [1.54, 1.807) is 0 Å². The van der Waals surface area contributed by atoms with Crippen molar-refractivity contribution in [3.05, 3.63) is 96.1 Å². The summed E-state index contributed by atoms with van der Waals surface area (Å²) in [5, 5.41) is 15.0. The fourth-order valence-corrected chi connectivity index (χ4v) is 3.31. The topological polar surface area (TPSA) is 67.1 Å². The van der Waals surface area contributed by atoms with Gasteiger partial charge in [0.1, 0.15) is 12.4 Å². The number of aromatic nitrogens is 3. The summed E-state index contributed by atoms with van der Waals surface area (Å²) in [7, 11) is 1.95. The van der Waals surface area contributed by atoms with Crippen LogP contribution in [0, 0.1) is 6.92 Å². The Morgan fingerprint density at radius 1 is 1.03 bits per heavy atom. The highest BCUT2D eigenvalue weighted by atomic mass is 127. The first kappa shape index (κ1) is 24.6. The fourth-order valence-electron chi connectivity index (χ4n) is 3.31. The lowest BCUT2D eigenvalue weighted by atomic mass is 9.88. The first-order valence-corrected chi connectivity index (χ1v) is 10.3. The standard InChI is InChI=1S/C24H30N6.HI/c1-4-16-25-24(27-18-23-29-28-19(2)30(23)3)26-17-15-22(20-11-7-5-8-12-20)21-13-9-6-10-14-21;/h4-14,22H,1,15-18H2,2-3H3,(H2,25,26,27);1H. The van der Waals surface area contributed by atoms with E-state index in [0.717, 1.165) is 30.6 Å². The summed E-state index contributed by atoms with van der Waals surface area (Å²) in [5.41, 5.74) is 2.63. The summed E-state index contributed by atoms with van der Waals surface area (Å²) in [6.07, 6.45) is 2.77. The van der Waals surface area contributed by atoms with E-state index in [1.807, 2.05) is 24.6 Å². The lowest BCUT2D eigenvalue weighted by Crippen LogP contribution is -2.38. The first-order chi connectivity index (χ1) is 14.7. The molecule has 0 saturated heterocycles. The van der Waals surface area contributed by atoms with Gasteiger partial charge in [0.2, 0.25) is 0 Å². The van der Waals surface area contributed by atoms with Gasteiger partial charge in [0.25, 0.3) is 0 Å². The van der Waals surface area contributed by atoms with E-state index in [4.69, 9.17) is 0 Å². The van der Waals surface area contributed by atoms with Crippen LogP contribution in [0.4, 0.5) is 0 Å². The molecule has 3 aromatic rings. The van der Waals surface area contributed by atoms with Crippen LogP contribution in [0.3, 0.4) is 0 Å². The maximum absolute atomic E-state index is 4.67. The van der Waals surface area contributed by atoms with Crippen molar-refractivity contribution in [1.82, 2.24) is 25.4 Å². The molecule has 3 rings (SSSR count). The minimum Gasteiger partial charge on any atom is -0.356 e. The zero-order chi connectivity index (χ0) is 21.2. The highest BCUT2D eigenvalue weighted by Gasteiger charge is 2.14. The van der Waals surface area contributed by atoms with E-state index in [1.165, 1.54) is 11.1 Å². The molecule has 0 atom stereocenters. The lowest BCUT2D eigenvalue weighted by Gasteiger charge is -2.19. The number of rotatable bonds is 9. The maximum Gasteiger partial charge on any atom is 0.191 e. The van der Waals surface area contributed by atoms with Crippen LogP contribution in [-0.2, 0) is 13.6 Å². The number of nitrogens with zero attached hydrogens (tertiary/aromatic N) is 4. The Balaban J connectivity index is 0.00000341. The van der Waals surface area contributed by atoms with Gasteiger partial charge in [-0.3, -0.25) is 0 Å². The minimum absolute atomic E-state index is 0. The molecule has 2 N–H and O–H groups in total. The van der Waals surface area contributed by atoms with Gasteiger partial charge in [-0.05, 0) is 24.5 Å². The largest absolute Gasteiger partial charge is 0.356 e. The molecule has 0 saturated carbocycles. The molecule has 2 aromatic carbocycles. The molecule has 0 radical (unpaired) electrons. The van der Waals surface area contributed by atoms with Gasteiger partial charge < -0.3 is 15.2 Å². The van der Waals surface area contributed by atoms with Gasteiger partial charge in [0, 0.05) is 26.1 Å². The Labute approximate surface area is 201 Å². The van der Waals surface area contributed by atoms with Crippen molar-refractivity contribution >= 4 is 29.9 Å². The van der Waals surface area contributed by atoms with E-state index >= 15 is 0 Å². The lowest BCUT2D eigenvalue weighted by molar-refractivity contribution is 0.678. The number of guanidine groups is 1. The molecule has 0 amide bonds. The van der Waals surface area contributed by atoms with Crippen LogP contribution in [0.15, 0.2) is 78.3 Å². The Morgan fingerprint density at radius 3 is 2.16 bits per heavy atom. The fraction of sp³-hybridized carbons (Fsp3) is 0.292. The average Bonchev–Trinajstić information content (AvgIpc) is 3.11. The van der Waals surface area contributed by atoms with Crippen molar-refractivity contribution in [2.75, 3.05) is 13.1 Å². The van der Waals surface area contributed by atoms with Gasteiger partial charge in [-0.25, -0.2) is 4.99 Å². The minimum atomic E-state index is 0. The molecule has 0 aliphatic heterocycles. The molecule has 164 valence electrons. The van der Waals surface area contributed by atoms with Gasteiger partial charge in [0.05, 0.1) is 0 Å². The van der Waals surface area contributed by atoms with E-state index in [2.05, 4.69) is 93.1 Å². The van der Waals surface area contributed by atoms with Crippen LogP contribution in [0.2, 0.25) is 0 Å². The normalized spacial score (nSPS) is 11.1. The molecule has 0 unspecified atom stereocenters. The summed E-state index contributed by atoms with van der Waals surface area (Å²) in [6, 6.07) is 21.3.